The van der Waals surface area contributed by atoms with E-state index < -0.39 is 0 Å². The average molecular weight is 388 g/mol. The first-order chi connectivity index (χ1) is 12.5. The molecule has 3 rings (SSSR count). The maximum absolute atomic E-state index is 12.5. The summed E-state index contributed by atoms with van der Waals surface area (Å²) in [4.78, 5) is 23.5. The van der Waals surface area contributed by atoms with Gasteiger partial charge in [0.15, 0.2) is 0 Å². The number of aromatic nitrogens is 2. The number of hydrogen-bond donors (Lipinski definition) is 1. The lowest BCUT2D eigenvalue weighted by Gasteiger charge is -2.13. The van der Waals surface area contributed by atoms with Gasteiger partial charge in [0.25, 0.3) is 0 Å². The number of ether oxygens (including phenoxy) is 1. The van der Waals surface area contributed by atoms with Crippen molar-refractivity contribution in [3.8, 4) is 5.75 Å². The molecule has 0 radical (unpaired) electrons. The second kappa shape index (κ2) is 8.05. The molecule has 3 aromatic rings. The van der Waals surface area contributed by atoms with E-state index in [1.54, 1.807) is 24.8 Å². The van der Waals surface area contributed by atoms with E-state index in [0.29, 0.717) is 6.54 Å². The number of benzene rings is 1. The fraction of sp³-hybridized carbons (Fsp3) is 0.316. The molecule has 26 heavy (non-hydrogen) atoms. The predicted octanol–water partition coefficient (Wildman–Crippen LogP) is 4.11. The standard InChI is InChI=1S/C19H21N3O2S2/c1-11-12(2)25-18-16(11)19(22-10-21-18)26-13(3)17(23)20-9-14-7-5-6-8-15(14)24-4/h5-8,10,13H,9H2,1-4H3,(H,20,23)/t13-/m0/s1. The van der Waals surface area contributed by atoms with Crippen molar-refractivity contribution in [1.82, 2.24) is 15.3 Å². The summed E-state index contributed by atoms with van der Waals surface area (Å²) in [6, 6.07) is 7.68. The molecule has 5 nitrogen and oxygen atoms in total. The Balaban J connectivity index is 1.70. The Morgan fingerprint density at radius 3 is 2.85 bits per heavy atom. The third-order valence-corrected chi connectivity index (χ3v) is 6.45. The van der Waals surface area contributed by atoms with Crippen LogP contribution in [0, 0.1) is 13.8 Å². The van der Waals surface area contributed by atoms with Gasteiger partial charge >= 0.3 is 0 Å². The zero-order chi connectivity index (χ0) is 18.7. The van der Waals surface area contributed by atoms with Crippen molar-refractivity contribution in [3.05, 3.63) is 46.6 Å². The van der Waals surface area contributed by atoms with Gasteiger partial charge in [0.1, 0.15) is 21.9 Å². The van der Waals surface area contributed by atoms with Gasteiger partial charge in [-0.1, -0.05) is 30.0 Å². The van der Waals surface area contributed by atoms with E-state index in [2.05, 4.69) is 29.1 Å². The highest BCUT2D eigenvalue weighted by Crippen LogP contribution is 2.35. The number of nitrogens with zero attached hydrogens (tertiary/aromatic N) is 2. The first-order valence-corrected chi connectivity index (χ1v) is 9.97. The van der Waals surface area contributed by atoms with Crippen molar-refractivity contribution < 1.29 is 9.53 Å². The van der Waals surface area contributed by atoms with Crippen LogP contribution in [0.25, 0.3) is 10.2 Å². The molecule has 0 fully saturated rings. The monoisotopic (exact) mass is 387 g/mol. The Hall–Kier alpha value is -2.12. The topological polar surface area (TPSA) is 64.1 Å². The average Bonchev–Trinajstić information content (AvgIpc) is 2.94. The van der Waals surface area contributed by atoms with E-state index in [9.17, 15) is 4.79 Å². The molecule has 0 spiro atoms. The molecule has 0 bridgehead atoms. The minimum absolute atomic E-state index is 0.0303. The van der Waals surface area contributed by atoms with E-state index in [1.165, 1.54) is 22.2 Å². The van der Waals surface area contributed by atoms with Crippen LogP contribution in [0.2, 0.25) is 0 Å². The lowest BCUT2D eigenvalue weighted by atomic mass is 10.2. The van der Waals surface area contributed by atoms with Crippen LogP contribution in [-0.2, 0) is 11.3 Å². The number of carbonyl (C=O) groups excluding carboxylic acids is 1. The summed E-state index contributed by atoms with van der Waals surface area (Å²) in [5.41, 5.74) is 2.14. The molecule has 2 heterocycles. The van der Waals surface area contributed by atoms with Crippen LogP contribution >= 0.6 is 23.1 Å². The SMILES string of the molecule is COc1ccccc1CNC(=O)[C@H](C)Sc1ncnc2sc(C)c(C)c12. The minimum atomic E-state index is -0.262. The van der Waals surface area contributed by atoms with Gasteiger partial charge in [-0.05, 0) is 32.4 Å². The van der Waals surface area contributed by atoms with Crippen LogP contribution in [0.4, 0.5) is 0 Å². The molecule has 0 aliphatic rings. The van der Waals surface area contributed by atoms with E-state index in [0.717, 1.165) is 26.6 Å². The number of thiophene rings is 1. The molecule has 2 aromatic heterocycles. The highest BCUT2D eigenvalue weighted by atomic mass is 32.2. The Labute approximate surface area is 161 Å². The van der Waals surface area contributed by atoms with Crippen molar-refractivity contribution in [2.75, 3.05) is 7.11 Å². The maximum Gasteiger partial charge on any atom is 0.233 e. The molecule has 0 aliphatic heterocycles. The minimum Gasteiger partial charge on any atom is -0.496 e. The van der Waals surface area contributed by atoms with E-state index in [1.807, 2.05) is 31.2 Å². The lowest BCUT2D eigenvalue weighted by molar-refractivity contribution is -0.120. The number of aryl methyl sites for hydroxylation is 2. The maximum atomic E-state index is 12.5. The lowest BCUT2D eigenvalue weighted by Crippen LogP contribution is -2.30. The van der Waals surface area contributed by atoms with Crippen molar-refractivity contribution in [2.45, 2.75) is 37.6 Å². The molecule has 7 heteroatoms. The van der Waals surface area contributed by atoms with Crippen LogP contribution < -0.4 is 10.1 Å². The molecule has 136 valence electrons. The van der Waals surface area contributed by atoms with Crippen molar-refractivity contribution in [2.24, 2.45) is 0 Å². The van der Waals surface area contributed by atoms with Crippen LogP contribution in [0.15, 0.2) is 35.6 Å². The van der Waals surface area contributed by atoms with Gasteiger partial charge in [0.2, 0.25) is 5.91 Å². The first kappa shape index (κ1) is 18.7. The van der Waals surface area contributed by atoms with Gasteiger partial charge in [0.05, 0.1) is 12.4 Å². The molecular weight excluding hydrogens is 366 g/mol. The number of methoxy groups -OCH3 is 1. The Morgan fingerprint density at radius 1 is 1.31 bits per heavy atom. The van der Waals surface area contributed by atoms with Gasteiger partial charge in [0, 0.05) is 22.4 Å². The molecule has 1 amide bonds. The number of amides is 1. The normalized spacial score (nSPS) is 12.2. The Bertz CT molecular complexity index is 940. The third-order valence-electron chi connectivity index (χ3n) is 4.23. The van der Waals surface area contributed by atoms with E-state index >= 15 is 0 Å². The number of rotatable bonds is 6. The second-order valence-corrected chi connectivity index (χ2v) is 8.46. The predicted molar refractivity (Wildman–Crippen MR) is 107 cm³/mol. The zero-order valence-corrected chi connectivity index (χ0v) is 16.8. The highest BCUT2D eigenvalue weighted by Gasteiger charge is 2.19. The van der Waals surface area contributed by atoms with E-state index in [4.69, 9.17) is 4.74 Å². The van der Waals surface area contributed by atoms with Gasteiger partial charge in [-0.2, -0.15) is 0 Å². The molecular formula is C19H21N3O2S2. The fourth-order valence-electron chi connectivity index (χ4n) is 2.64. The summed E-state index contributed by atoms with van der Waals surface area (Å²) in [6.07, 6.45) is 1.57. The van der Waals surface area contributed by atoms with Crippen LogP contribution in [0.1, 0.15) is 22.9 Å². The number of thioether (sulfide) groups is 1. The summed E-state index contributed by atoms with van der Waals surface area (Å²) < 4.78 is 5.33. The number of carbonyl (C=O) groups is 1. The van der Waals surface area contributed by atoms with Gasteiger partial charge in [-0.3, -0.25) is 4.79 Å². The van der Waals surface area contributed by atoms with Crippen molar-refractivity contribution in [3.63, 3.8) is 0 Å². The molecule has 0 saturated carbocycles. The fourth-order valence-corrected chi connectivity index (χ4v) is 4.70. The number of fused-ring (bicyclic) bond motifs is 1. The van der Waals surface area contributed by atoms with Gasteiger partial charge in [-0.25, -0.2) is 9.97 Å². The first-order valence-electron chi connectivity index (χ1n) is 8.28. The summed E-state index contributed by atoms with van der Waals surface area (Å²) in [5, 5.41) is 4.64. The van der Waals surface area contributed by atoms with Crippen molar-refractivity contribution in [1.29, 1.82) is 0 Å². The van der Waals surface area contributed by atoms with Crippen LogP contribution in [0.3, 0.4) is 0 Å². The molecule has 1 N–H and O–H groups in total. The number of nitrogens with one attached hydrogen (secondary N) is 1. The zero-order valence-electron chi connectivity index (χ0n) is 15.2. The molecule has 1 atom stereocenters. The Morgan fingerprint density at radius 2 is 2.08 bits per heavy atom. The molecule has 0 saturated heterocycles. The smallest absolute Gasteiger partial charge is 0.233 e. The van der Waals surface area contributed by atoms with Crippen LogP contribution in [-0.4, -0.2) is 28.2 Å². The highest BCUT2D eigenvalue weighted by molar-refractivity contribution is 8.00. The second-order valence-electron chi connectivity index (χ2n) is 5.93. The molecule has 0 aliphatic carbocycles. The summed E-state index contributed by atoms with van der Waals surface area (Å²) in [5.74, 6) is 0.743. The summed E-state index contributed by atoms with van der Waals surface area (Å²) in [7, 11) is 1.63. The van der Waals surface area contributed by atoms with Crippen molar-refractivity contribution >= 4 is 39.2 Å². The van der Waals surface area contributed by atoms with Gasteiger partial charge in [-0.15, -0.1) is 11.3 Å². The third kappa shape index (κ3) is 3.83. The van der Waals surface area contributed by atoms with Crippen LogP contribution in [0.5, 0.6) is 5.75 Å². The Kier molecular flexibility index (Phi) is 5.78. The molecule has 1 aromatic carbocycles. The summed E-state index contributed by atoms with van der Waals surface area (Å²) >= 11 is 3.13. The number of hydrogen-bond acceptors (Lipinski definition) is 6. The summed E-state index contributed by atoms with van der Waals surface area (Å²) in [6.45, 7) is 6.49. The van der Waals surface area contributed by atoms with Gasteiger partial charge < -0.3 is 10.1 Å². The number of para-hydroxylation sites is 1. The quantitative estimate of drug-likeness (QED) is 0.509. The largest absolute Gasteiger partial charge is 0.496 e. The molecule has 0 unspecified atom stereocenters. The van der Waals surface area contributed by atoms with E-state index in [-0.39, 0.29) is 11.2 Å².